The van der Waals surface area contributed by atoms with Crippen LogP contribution in [0.4, 0.5) is 5.69 Å². The van der Waals surface area contributed by atoms with Crippen molar-refractivity contribution in [3.8, 4) is 5.75 Å². The van der Waals surface area contributed by atoms with Gasteiger partial charge in [0.2, 0.25) is 5.91 Å². The van der Waals surface area contributed by atoms with Crippen LogP contribution in [0.15, 0.2) is 60.7 Å². The summed E-state index contributed by atoms with van der Waals surface area (Å²) in [5.74, 6) is -0.0515. The second kappa shape index (κ2) is 10.3. The molecule has 0 atom stereocenters. The Morgan fingerprint density at radius 3 is 2.43 bits per heavy atom. The molecule has 0 aliphatic carbocycles. The number of carbonyl (C=O) groups excluding carboxylic acids is 1. The zero-order chi connectivity index (χ0) is 25.0. The van der Waals surface area contributed by atoms with Crippen molar-refractivity contribution in [3.05, 3.63) is 71.8 Å². The predicted octanol–water partition coefficient (Wildman–Crippen LogP) is 2.64. The summed E-state index contributed by atoms with van der Waals surface area (Å²) in [6.45, 7) is 2.97. The van der Waals surface area contributed by atoms with Gasteiger partial charge in [-0.3, -0.25) is 10.2 Å². The van der Waals surface area contributed by atoms with Gasteiger partial charge in [-0.25, -0.2) is 9.03 Å². The summed E-state index contributed by atoms with van der Waals surface area (Å²) < 4.78 is 35.4. The zero-order valence-corrected chi connectivity index (χ0v) is 20.3. The van der Waals surface area contributed by atoms with Crippen LogP contribution in [0, 0.1) is 5.41 Å². The first-order valence-electron chi connectivity index (χ1n) is 11.4. The number of carbonyl (C=O) groups is 1. The number of benzene rings is 3. The average Bonchev–Trinajstić information content (AvgIpc) is 2.82. The molecule has 0 bridgehead atoms. The van der Waals surface area contributed by atoms with Crippen molar-refractivity contribution in [1.29, 1.82) is 5.41 Å². The molecule has 5 N–H and O–H groups in total. The maximum absolute atomic E-state index is 13.1. The molecule has 0 unspecified atom stereocenters. The van der Waals surface area contributed by atoms with Crippen LogP contribution < -0.4 is 24.8 Å². The lowest BCUT2D eigenvalue weighted by atomic mass is 10.0. The van der Waals surface area contributed by atoms with Gasteiger partial charge in [-0.1, -0.05) is 24.3 Å². The molecule has 10 heteroatoms. The number of nitrogens with one attached hydrogen (secondary N) is 3. The third kappa shape index (κ3) is 6.09. The number of ether oxygens (including phenoxy) is 1. The van der Waals surface area contributed by atoms with E-state index in [1.807, 2.05) is 24.3 Å². The highest BCUT2D eigenvalue weighted by Gasteiger charge is 2.24. The Balaban J connectivity index is 1.63. The van der Waals surface area contributed by atoms with Gasteiger partial charge in [-0.2, -0.15) is 8.42 Å². The molecule has 9 nitrogen and oxygen atoms in total. The number of nitrogen functional groups attached to an aromatic ring is 1. The lowest BCUT2D eigenvalue weighted by molar-refractivity contribution is -0.117. The monoisotopic (exact) mass is 495 g/mol. The summed E-state index contributed by atoms with van der Waals surface area (Å²) in [5, 5.41) is 12.7. The third-order valence-electron chi connectivity index (χ3n) is 5.82. The van der Waals surface area contributed by atoms with Gasteiger partial charge in [0.25, 0.3) is 0 Å². The van der Waals surface area contributed by atoms with Crippen LogP contribution in [0.5, 0.6) is 5.75 Å². The van der Waals surface area contributed by atoms with Crippen LogP contribution in [0.1, 0.15) is 30.9 Å². The Morgan fingerprint density at radius 2 is 1.77 bits per heavy atom. The minimum atomic E-state index is -4.16. The van der Waals surface area contributed by atoms with Gasteiger partial charge in [0.15, 0.2) is 0 Å². The van der Waals surface area contributed by atoms with E-state index in [2.05, 4.69) is 10.0 Å². The fourth-order valence-electron chi connectivity index (χ4n) is 4.08. The summed E-state index contributed by atoms with van der Waals surface area (Å²) in [6.07, 6.45) is 1.95. The minimum absolute atomic E-state index is 0.00263. The van der Waals surface area contributed by atoms with E-state index < -0.39 is 16.1 Å². The molecule has 0 radical (unpaired) electrons. The quantitative estimate of drug-likeness (QED) is 0.280. The van der Waals surface area contributed by atoms with Crippen LogP contribution in [0.2, 0.25) is 0 Å². The second-order valence-electron chi connectivity index (χ2n) is 8.54. The number of hydrogen-bond donors (Lipinski definition) is 4. The highest BCUT2D eigenvalue weighted by atomic mass is 32.2. The summed E-state index contributed by atoms with van der Waals surface area (Å²) in [6, 6.07) is 17.8. The van der Waals surface area contributed by atoms with Gasteiger partial charge in [0.1, 0.15) is 17.7 Å². The van der Waals surface area contributed by atoms with Crippen LogP contribution in [0.3, 0.4) is 0 Å². The topological polar surface area (TPSA) is 138 Å². The number of piperidine rings is 1. The largest absolute Gasteiger partial charge is 0.490 e. The van der Waals surface area contributed by atoms with Crippen molar-refractivity contribution in [3.63, 3.8) is 0 Å². The summed E-state index contributed by atoms with van der Waals surface area (Å²) in [4.78, 5) is 11.6. The number of hydrogen-bond acceptors (Lipinski definition) is 6. The van der Waals surface area contributed by atoms with Gasteiger partial charge in [-0.15, -0.1) is 0 Å². The molecule has 0 saturated carbocycles. The molecule has 1 aliphatic rings. The fourth-order valence-corrected chi connectivity index (χ4v) is 5.27. The Hall–Kier alpha value is -3.63. The van der Waals surface area contributed by atoms with Crippen LogP contribution in [-0.2, 0) is 21.5 Å². The Labute approximate surface area is 205 Å². The van der Waals surface area contributed by atoms with Gasteiger partial charge in [0, 0.05) is 12.5 Å². The van der Waals surface area contributed by atoms with Crippen molar-refractivity contribution in [2.45, 2.75) is 32.4 Å². The van der Waals surface area contributed by atoms with E-state index in [-0.39, 0.29) is 18.5 Å². The summed E-state index contributed by atoms with van der Waals surface area (Å²) in [7, 11) is -4.16. The van der Waals surface area contributed by atoms with Gasteiger partial charge < -0.3 is 15.8 Å². The van der Waals surface area contributed by atoms with Crippen molar-refractivity contribution in [2.75, 3.05) is 17.4 Å². The van der Waals surface area contributed by atoms with Crippen molar-refractivity contribution in [2.24, 2.45) is 5.73 Å². The second-order valence-corrected chi connectivity index (χ2v) is 10.1. The molecular formula is C25H29N5O4S. The minimum Gasteiger partial charge on any atom is -0.490 e. The first kappa shape index (κ1) is 24.5. The molecule has 4 rings (SSSR count). The molecule has 0 spiro atoms. The van der Waals surface area contributed by atoms with E-state index in [0.29, 0.717) is 22.6 Å². The van der Waals surface area contributed by atoms with E-state index in [1.165, 1.54) is 0 Å². The van der Waals surface area contributed by atoms with Crippen molar-refractivity contribution in [1.82, 2.24) is 10.0 Å². The standard InChI is InChI=1S/C25H29N5O4S/c1-17(31)29-35(32,33)30(22-6-8-23(9-7-22)34-24-10-12-28-13-11-24)16-18-2-3-19-4-5-20(25(26)27)15-21(19)14-18/h2-9,14-15,24,28H,10-13,16H2,1H3,(H3,26,27)(H,29,31). The molecule has 1 heterocycles. The lowest BCUT2D eigenvalue weighted by Crippen LogP contribution is -2.42. The molecule has 1 saturated heterocycles. The highest BCUT2D eigenvalue weighted by molar-refractivity contribution is 7.91. The van der Waals surface area contributed by atoms with E-state index in [1.54, 1.807) is 36.4 Å². The molecule has 35 heavy (non-hydrogen) atoms. The first-order chi connectivity index (χ1) is 16.7. The number of nitrogens with two attached hydrogens (primary N) is 1. The lowest BCUT2D eigenvalue weighted by Gasteiger charge is -2.26. The van der Waals surface area contributed by atoms with Crippen LogP contribution in [0.25, 0.3) is 10.8 Å². The molecule has 1 fully saturated rings. The maximum Gasteiger partial charge on any atom is 0.326 e. The third-order valence-corrected chi connectivity index (χ3v) is 7.28. The highest BCUT2D eigenvalue weighted by Crippen LogP contribution is 2.26. The Kier molecular flexibility index (Phi) is 7.23. The molecular weight excluding hydrogens is 466 g/mol. The molecule has 3 aromatic carbocycles. The zero-order valence-electron chi connectivity index (χ0n) is 19.5. The summed E-state index contributed by atoms with van der Waals surface area (Å²) >= 11 is 0. The number of amides is 1. The maximum atomic E-state index is 13.1. The number of fused-ring (bicyclic) bond motifs is 1. The number of anilines is 1. The molecule has 1 aliphatic heterocycles. The van der Waals surface area contributed by atoms with E-state index >= 15 is 0 Å². The molecule has 0 aromatic heterocycles. The smallest absolute Gasteiger partial charge is 0.326 e. The van der Waals surface area contributed by atoms with Crippen molar-refractivity contribution >= 4 is 38.4 Å². The fraction of sp³-hybridized carbons (Fsp3) is 0.280. The predicted molar refractivity (Wildman–Crippen MR) is 137 cm³/mol. The van der Waals surface area contributed by atoms with Gasteiger partial charge in [0.05, 0.1) is 12.2 Å². The normalized spacial score (nSPS) is 14.4. The van der Waals surface area contributed by atoms with E-state index in [0.717, 1.165) is 47.9 Å². The number of amidine groups is 1. The van der Waals surface area contributed by atoms with Crippen molar-refractivity contribution < 1.29 is 17.9 Å². The van der Waals surface area contributed by atoms with Crippen LogP contribution in [-0.4, -0.2) is 39.4 Å². The Bertz CT molecular complexity index is 1340. The SMILES string of the molecule is CC(=O)NS(=O)(=O)N(Cc1ccc2ccc(C(=N)N)cc2c1)c1ccc(OC2CCNCC2)cc1. The summed E-state index contributed by atoms with van der Waals surface area (Å²) in [5.41, 5.74) is 7.31. The number of rotatable bonds is 8. The average molecular weight is 496 g/mol. The van der Waals surface area contributed by atoms with Crippen LogP contribution >= 0.6 is 0 Å². The van der Waals surface area contributed by atoms with Gasteiger partial charge >= 0.3 is 10.2 Å². The molecule has 184 valence electrons. The first-order valence-corrected chi connectivity index (χ1v) is 12.8. The van der Waals surface area contributed by atoms with E-state index in [4.69, 9.17) is 15.9 Å². The van der Waals surface area contributed by atoms with E-state index in [9.17, 15) is 13.2 Å². The van der Waals surface area contributed by atoms with Gasteiger partial charge in [-0.05, 0) is 78.7 Å². The Morgan fingerprint density at radius 1 is 1.09 bits per heavy atom. The molecule has 1 amide bonds. The molecule has 3 aromatic rings. The number of nitrogens with zero attached hydrogens (tertiary/aromatic N) is 1.